The Labute approximate surface area is 185 Å². The van der Waals surface area contributed by atoms with Crippen molar-refractivity contribution in [2.75, 3.05) is 16.9 Å². The number of aromatic nitrogens is 4. The number of nitrogens with one attached hydrogen (secondary N) is 1. The first-order valence-corrected chi connectivity index (χ1v) is 11.1. The topological polar surface area (TPSA) is 108 Å². The number of carbonyl (C=O) groups excluding carboxylic acids is 1. The summed E-state index contributed by atoms with van der Waals surface area (Å²) in [7, 11) is 0. The van der Waals surface area contributed by atoms with Crippen molar-refractivity contribution in [3.63, 3.8) is 0 Å². The number of thioether (sulfide) groups is 1. The van der Waals surface area contributed by atoms with Crippen molar-refractivity contribution >= 4 is 44.4 Å². The highest BCUT2D eigenvalue weighted by Gasteiger charge is 2.14. The Bertz CT molecular complexity index is 1240. The fraction of sp³-hybridized carbons (Fsp3) is 0.200. The van der Waals surface area contributed by atoms with Crippen molar-refractivity contribution in [1.29, 1.82) is 0 Å². The van der Waals surface area contributed by atoms with Crippen LogP contribution in [0.15, 0.2) is 41.6 Å². The first-order valence-electron chi connectivity index (χ1n) is 9.26. The first-order chi connectivity index (χ1) is 14.9. The summed E-state index contributed by atoms with van der Waals surface area (Å²) in [6, 6.07) is 10.2. The van der Waals surface area contributed by atoms with Crippen molar-refractivity contribution < 1.29 is 13.9 Å². The lowest BCUT2D eigenvalue weighted by Crippen LogP contribution is -2.18. The monoisotopic (exact) mass is 458 g/mol. The molecule has 2 heterocycles. The van der Waals surface area contributed by atoms with E-state index in [-0.39, 0.29) is 24.1 Å². The van der Waals surface area contributed by atoms with Gasteiger partial charge in [-0.3, -0.25) is 4.79 Å². The Morgan fingerprint density at radius 3 is 2.77 bits per heavy atom. The molecule has 4 aromatic rings. The van der Waals surface area contributed by atoms with Gasteiger partial charge >= 0.3 is 0 Å². The molecule has 2 aromatic carbocycles. The number of nitrogen functional groups attached to an aromatic ring is 1. The third-order valence-electron chi connectivity index (χ3n) is 4.23. The number of halogens is 1. The van der Waals surface area contributed by atoms with Crippen LogP contribution < -0.4 is 15.9 Å². The molecule has 0 aliphatic carbocycles. The summed E-state index contributed by atoms with van der Waals surface area (Å²) in [6.07, 6.45) is 0. The predicted octanol–water partition coefficient (Wildman–Crippen LogP) is 3.67. The third-order valence-corrected chi connectivity index (χ3v) is 6.10. The number of carbonyl (C=O) groups is 1. The summed E-state index contributed by atoms with van der Waals surface area (Å²) in [5.74, 6) is 6.66. The lowest BCUT2D eigenvalue weighted by Gasteiger charge is -2.08. The highest BCUT2D eigenvalue weighted by atomic mass is 32.2. The number of aryl methyl sites for hydroxylation is 2. The van der Waals surface area contributed by atoms with Gasteiger partial charge in [0.1, 0.15) is 18.2 Å². The van der Waals surface area contributed by atoms with Crippen LogP contribution in [0.25, 0.3) is 10.2 Å². The highest BCUT2D eigenvalue weighted by molar-refractivity contribution is 7.99. The van der Waals surface area contributed by atoms with Crippen LogP contribution in [-0.4, -0.2) is 31.5 Å². The van der Waals surface area contributed by atoms with Crippen molar-refractivity contribution in [1.82, 2.24) is 19.9 Å². The maximum Gasteiger partial charge on any atom is 0.236 e. The third kappa shape index (κ3) is 5.12. The van der Waals surface area contributed by atoms with Gasteiger partial charge in [0.05, 0.1) is 16.0 Å². The molecule has 0 bridgehead atoms. The van der Waals surface area contributed by atoms with Gasteiger partial charge in [0.25, 0.3) is 0 Å². The fourth-order valence-electron chi connectivity index (χ4n) is 2.91. The Balaban J connectivity index is 1.33. The van der Waals surface area contributed by atoms with Gasteiger partial charge in [0.2, 0.25) is 11.1 Å². The second-order valence-corrected chi connectivity index (χ2v) is 8.82. The molecule has 11 heteroatoms. The molecular weight excluding hydrogens is 439 g/mol. The summed E-state index contributed by atoms with van der Waals surface area (Å²) < 4.78 is 21.0. The van der Waals surface area contributed by atoms with E-state index >= 15 is 0 Å². The second kappa shape index (κ2) is 8.90. The Morgan fingerprint density at radius 2 is 2.00 bits per heavy atom. The fourth-order valence-corrected chi connectivity index (χ4v) is 4.49. The highest BCUT2D eigenvalue weighted by Crippen LogP contribution is 2.27. The average Bonchev–Trinajstić information content (AvgIpc) is 3.26. The molecular formula is C20H19FN6O2S2. The van der Waals surface area contributed by atoms with E-state index in [0.717, 1.165) is 28.6 Å². The number of nitrogens with two attached hydrogens (primary N) is 1. The molecule has 8 nitrogen and oxygen atoms in total. The minimum absolute atomic E-state index is 0.0670. The maximum atomic E-state index is 13.3. The molecule has 160 valence electrons. The van der Waals surface area contributed by atoms with E-state index in [2.05, 4.69) is 26.6 Å². The molecule has 1 amide bonds. The van der Waals surface area contributed by atoms with Gasteiger partial charge in [-0.1, -0.05) is 29.2 Å². The molecule has 0 aliphatic rings. The van der Waals surface area contributed by atoms with Crippen molar-refractivity contribution in [3.05, 3.63) is 59.2 Å². The van der Waals surface area contributed by atoms with Crippen LogP contribution in [0.2, 0.25) is 0 Å². The molecule has 0 radical (unpaired) electrons. The van der Waals surface area contributed by atoms with E-state index in [4.69, 9.17) is 10.6 Å². The number of anilines is 1. The number of nitrogens with zero attached hydrogens (tertiary/aromatic N) is 4. The summed E-state index contributed by atoms with van der Waals surface area (Å²) in [5, 5.41) is 11.6. The zero-order chi connectivity index (χ0) is 22.0. The molecule has 0 aliphatic heterocycles. The van der Waals surface area contributed by atoms with Gasteiger partial charge in [0, 0.05) is 0 Å². The minimum Gasteiger partial charge on any atom is -0.486 e. The molecule has 4 rings (SSSR count). The van der Waals surface area contributed by atoms with Crippen LogP contribution in [0.4, 0.5) is 9.52 Å². The quantitative estimate of drug-likeness (QED) is 0.321. The number of hydrogen-bond donors (Lipinski definition) is 2. The Kier molecular flexibility index (Phi) is 6.05. The SMILES string of the molecule is Cc1cc(C)cc(OCc2nnc(SCC(=O)Nc3nc4ccc(F)cc4s3)n2N)c1. The van der Waals surface area contributed by atoms with E-state index in [1.54, 1.807) is 6.07 Å². The summed E-state index contributed by atoms with van der Waals surface area (Å²) in [5.41, 5.74) is 2.83. The molecule has 2 aromatic heterocycles. The van der Waals surface area contributed by atoms with E-state index in [1.807, 2.05) is 26.0 Å². The minimum atomic E-state index is -0.343. The Hall–Kier alpha value is -3.18. The summed E-state index contributed by atoms with van der Waals surface area (Å²) in [4.78, 5) is 16.5. The largest absolute Gasteiger partial charge is 0.486 e. The molecule has 0 fully saturated rings. The van der Waals surface area contributed by atoms with Gasteiger partial charge in [-0.25, -0.2) is 14.1 Å². The number of benzene rings is 2. The van der Waals surface area contributed by atoms with E-state index in [0.29, 0.717) is 26.3 Å². The number of hydrogen-bond acceptors (Lipinski definition) is 8. The molecule has 0 atom stereocenters. The van der Waals surface area contributed by atoms with Crippen LogP contribution in [0.1, 0.15) is 17.0 Å². The zero-order valence-corrected chi connectivity index (χ0v) is 18.4. The average molecular weight is 459 g/mol. The zero-order valence-electron chi connectivity index (χ0n) is 16.8. The van der Waals surface area contributed by atoms with E-state index < -0.39 is 0 Å². The molecule has 0 unspecified atom stereocenters. The lowest BCUT2D eigenvalue weighted by molar-refractivity contribution is -0.113. The molecule has 0 spiro atoms. The second-order valence-electron chi connectivity index (χ2n) is 6.85. The predicted molar refractivity (Wildman–Crippen MR) is 119 cm³/mol. The van der Waals surface area contributed by atoms with Crippen molar-refractivity contribution in [2.45, 2.75) is 25.6 Å². The Morgan fingerprint density at radius 1 is 1.23 bits per heavy atom. The molecule has 31 heavy (non-hydrogen) atoms. The summed E-state index contributed by atoms with van der Waals surface area (Å²) >= 11 is 2.35. The summed E-state index contributed by atoms with van der Waals surface area (Å²) in [6.45, 7) is 4.15. The van der Waals surface area contributed by atoms with Gasteiger partial charge in [-0.15, -0.1) is 10.2 Å². The number of fused-ring (bicyclic) bond motifs is 1. The smallest absolute Gasteiger partial charge is 0.236 e. The van der Waals surface area contributed by atoms with Crippen LogP contribution in [0, 0.1) is 19.7 Å². The van der Waals surface area contributed by atoms with E-state index in [1.165, 1.54) is 28.1 Å². The van der Waals surface area contributed by atoms with Crippen LogP contribution in [0.3, 0.4) is 0 Å². The van der Waals surface area contributed by atoms with Crippen molar-refractivity contribution in [3.8, 4) is 5.75 Å². The first kappa shape index (κ1) is 21.1. The number of rotatable bonds is 7. The molecule has 0 saturated heterocycles. The molecule has 3 N–H and O–H groups in total. The normalized spacial score (nSPS) is 11.1. The van der Waals surface area contributed by atoms with E-state index in [9.17, 15) is 9.18 Å². The van der Waals surface area contributed by atoms with Crippen LogP contribution in [0.5, 0.6) is 5.75 Å². The molecule has 0 saturated carbocycles. The maximum absolute atomic E-state index is 13.3. The van der Waals surface area contributed by atoms with Crippen molar-refractivity contribution in [2.24, 2.45) is 0 Å². The lowest BCUT2D eigenvalue weighted by atomic mass is 10.1. The van der Waals surface area contributed by atoms with Gasteiger partial charge in [0.15, 0.2) is 11.0 Å². The van der Waals surface area contributed by atoms with Gasteiger partial charge < -0.3 is 15.9 Å². The van der Waals surface area contributed by atoms with Crippen LogP contribution >= 0.6 is 23.1 Å². The number of ether oxygens (including phenoxy) is 1. The van der Waals surface area contributed by atoms with Crippen LogP contribution in [-0.2, 0) is 11.4 Å². The van der Waals surface area contributed by atoms with Gasteiger partial charge in [-0.2, -0.15) is 0 Å². The number of amides is 1. The standard InChI is InChI=1S/C20H19FN6O2S2/c1-11-5-12(2)7-14(6-11)29-9-17-25-26-20(27(17)22)30-10-18(28)24-19-23-15-4-3-13(21)8-16(15)31-19/h3-8H,9-10,22H2,1-2H3,(H,23,24,28). The number of thiazole rings is 1. The van der Waals surface area contributed by atoms with Gasteiger partial charge in [-0.05, 0) is 55.3 Å².